The molecule has 0 saturated carbocycles. The number of nitro groups is 1. The monoisotopic (exact) mass is 352 g/mol. The van der Waals surface area contributed by atoms with Gasteiger partial charge in [0.25, 0.3) is 5.69 Å². The molecule has 2 aromatic heterocycles. The van der Waals surface area contributed by atoms with Gasteiger partial charge >= 0.3 is 0 Å². The van der Waals surface area contributed by atoms with Crippen LogP contribution >= 0.6 is 12.2 Å². The number of aromatic nitrogens is 4. The smallest absolute Gasteiger partial charge is 0.258 e. The second kappa shape index (κ2) is 7.41. The van der Waals surface area contributed by atoms with E-state index in [1.807, 2.05) is 6.07 Å². The first-order valence-electron chi connectivity index (χ1n) is 7.20. The molecule has 0 amide bonds. The highest BCUT2D eigenvalue weighted by atomic mass is 32.1. The Labute approximate surface area is 147 Å². The SMILES string of the molecule is O=[N+]([O-])c1ccccc1/C=C/C=N/n1c(-c2ccccn2)n[nH]c1=S. The van der Waals surface area contributed by atoms with Gasteiger partial charge in [0.2, 0.25) is 10.6 Å². The molecule has 0 bridgehead atoms. The molecule has 0 radical (unpaired) electrons. The largest absolute Gasteiger partial charge is 0.276 e. The molecule has 8 nitrogen and oxygen atoms in total. The Hall–Kier alpha value is -3.46. The summed E-state index contributed by atoms with van der Waals surface area (Å²) in [6.07, 6.45) is 6.33. The van der Waals surface area contributed by atoms with E-state index in [2.05, 4.69) is 20.3 Å². The first-order chi connectivity index (χ1) is 12.2. The number of allylic oxidation sites excluding steroid dienone is 1. The Bertz CT molecular complexity index is 1010. The van der Waals surface area contributed by atoms with Gasteiger partial charge in [-0.1, -0.05) is 18.2 Å². The molecule has 0 aliphatic carbocycles. The summed E-state index contributed by atoms with van der Waals surface area (Å²) in [4.78, 5) is 14.8. The van der Waals surface area contributed by atoms with E-state index in [0.717, 1.165) is 0 Å². The van der Waals surface area contributed by atoms with Crippen LogP contribution in [0.2, 0.25) is 0 Å². The third kappa shape index (κ3) is 3.72. The summed E-state index contributed by atoms with van der Waals surface area (Å²) in [5.74, 6) is 0.473. The van der Waals surface area contributed by atoms with Crippen LogP contribution in [-0.4, -0.2) is 31.0 Å². The second-order valence-corrected chi connectivity index (χ2v) is 5.21. The molecule has 0 saturated heterocycles. The van der Waals surface area contributed by atoms with Crippen LogP contribution in [0.5, 0.6) is 0 Å². The highest BCUT2D eigenvalue weighted by Crippen LogP contribution is 2.18. The van der Waals surface area contributed by atoms with Crippen LogP contribution in [0, 0.1) is 14.9 Å². The van der Waals surface area contributed by atoms with E-state index in [0.29, 0.717) is 21.9 Å². The van der Waals surface area contributed by atoms with E-state index in [-0.39, 0.29) is 5.69 Å². The molecule has 0 aliphatic heterocycles. The molecule has 0 fully saturated rings. The van der Waals surface area contributed by atoms with Gasteiger partial charge in [-0.15, -0.1) is 0 Å². The van der Waals surface area contributed by atoms with Crippen molar-refractivity contribution in [2.24, 2.45) is 5.10 Å². The van der Waals surface area contributed by atoms with E-state index >= 15 is 0 Å². The van der Waals surface area contributed by atoms with Crippen molar-refractivity contribution < 1.29 is 4.92 Å². The summed E-state index contributed by atoms with van der Waals surface area (Å²) in [5.41, 5.74) is 1.13. The molecule has 9 heteroatoms. The molecule has 0 spiro atoms. The average molecular weight is 352 g/mol. The fourth-order valence-corrected chi connectivity index (χ4v) is 2.29. The Balaban J connectivity index is 1.86. The normalized spacial score (nSPS) is 11.4. The highest BCUT2D eigenvalue weighted by molar-refractivity contribution is 7.71. The van der Waals surface area contributed by atoms with E-state index in [1.165, 1.54) is 17.0 Å². The zero-order chi connectivity index (χ0) is 17.6. The van der Waals surface area contributed by atoms with Crippen LogP contribution in [0.1, 0.15) is 5.56 Å². The lowest BCUT2D eigenvalue weighted by molar-refractivity contribution is -0.385. The summed E-state index contributed by atoms with van der Waals surface area (Å²) in [7, 11) is 0. The standard InChI is InChI=1S/C16H12N6O2S/c23-22(24)14-9-2-1-6-12(14)7-5-11-18-21-15(19-20-16(21)25)13-8-3-4-10-17-13/h1-11H,(H,20,25)/b7-5+,18-11+. The van der Waals surface area contributed by atoms with Crippen molar-refractivity contribution in [3.05, 3.63) is 75.2 Å². The molecule has 124 valence electrons. The number of para-hydroxylation sites is 1. The summed E-state index contributed by atoms with van der Waals surface area (Å²) >= 11 is 5.16. The van der Waals surface area contributed by atoms with Crippen LogP contribution in [0.15, 0.2) is 59.8 Å². The molecular formula is C16H12N6O2S. The van der Waals surface area contributed by atoms with Gasteiger partial charge in [-0.2, -0.15) is 14.9 Å². The molecule has 0 unspecified atom stereocenters. The van der Waals surface area contributed by atoms with E-state index in [1.54, 1.807) is 48.7 Å². The quantitative estimate of drug-likeness (QED) is 0.328. The number of nitrogens with zero attached hydrogens (tertiary/aromatic N) is 5. The summed E-state index contributed by atoms with van der Waals surface area (Å²) in [5, 5.41) is 22.0. The molecule has 2 heterocycles. The maximum absolute atomic E-state index is 11.0. The number of pyridine rings is 1. The number of benzene rings is 1. The predicted molar refractivity (Wildman–Crippen MR) is 96.7 cm³/mol. The number of nitro benzene ring substituents is 1. The fourth-order valence-electron chi connectivity index (χ4n) is 2.11. The molecule has 1 aromatic carbocycles. The Morgan fingerprint density at radius 1 is 1.24 bits per heavy atom. The molecule has 0 aliphatic rings. The van der Waals surface area contributed by atoms with Gasteiger partial charge in [-0.3, -0.25) is 15.1 Å². The number of hydrogen-bond acceptors (Lipinski definition) is 6. The molecular weight excluding hydrogens is 340 g/mol. The van der Waals surface area contributed by atoms with Crippen molar-refractivity contribution in [1.82, 2.24) is 19.9 Å². The van der Waals surface area contributed by atoms with Crippen LogP contribution in [0.4, 0.5) is 5.69 Å². The minimum Gasteiger partial charge on any atom is -0.258 e. The second-order valence-electron chi connectivity index (χ2n) is 4.82. The maximum atomic E-state index is 11.0. The maximum Gasteiger partial charge on any atom is 0.276 e. The Morgan fingerprint density at radius 2 is 2.04 bits per heavy atom. The number of H-pyrrole nitrogens is 1. The minimum absolute atomic E-state index is 0.0289. The third-order valence-electron chi connectivity index (χ3n) is 3.22. The van der Waals surface area contributed by atoms with E-state index in [9.17, 15) is 10.1 Å². The molecule has 1 N–H and O–H groups in total. The van der Waals surface area contributed by atoms with Crippen LogP contribution in [0.3, 0.4) is 0 Å². The minimum atomic E-state index is -0.428. The van der Waals surface area contributed by atoms with Crippen molar-refractivity contribution in [3.63, 3.8) is 0 Å². The van der Waals surface area contributed by atoms with Gasteiger partial charge in [0.15, 0.2) is 0 Å². The number of nitrogens with one attached hydrogen (secondary N) is 1. The van der Waals surface area contributed by atoms with Crippen molar-refractivity contribution in [2.45, 2.75) is 0 Å². The van der Waals surface area contributed by atoms with Crippen molar-refractivity contribution in [3.8, 4) is 11.5 Å². The highest BCUT2D eigenvalue weighted by Gasteiger charge is 2.09. The lowest BCUT2D eigenvalue weighted by Crippen LogP contribution is -1.95. The molecule has 0 atom stereocenters. The summed E-state index contributed by atoms with van der Waals surface area (Å²) in [6.45, 7) is 0. The van der Waals surface area contributed by atoms with E-state index < -0.39 is 4.92 Å². The third-order valence-corrected chi connectivity index (χ3v) is 3.49. The average Bonchev–Trinajstić information content (AvgIpc) is 3.00. The van der Waals surface area contributed by atoms with Gasteiger partial charge in [-0.05, 0) is 42.6 Å². The summed E-state index contributed by atoms with van der Waals surface area (Å²) in [6, 6.07) is 11.9. The number of hydrogen-bond donors (Lipinski definition) is 1. The van der Waals surface area contributed by atoms with Crippen molar-refractivity contribution in [2.75, 3.05) is 0 Å². The van der Waals surface area contributed by atoms with Gasteiger partial charge < -0.3 is 0 Å². The lowest BCUT2D eigenvalue weighted by Gasteiger charge is -1.98. The zero-order valence-corrected chi connectivity index (χ0v) is 13.6. The molecule has 3 rings (SSSR count). The van der Waals surface area contributed by atoms with Gasteiger partial charge in [0, 0.05) is 18.5 Å². The zero-order valence-electron chi connectivity index (χ0n) is 12.8. The predicted octanol–water partition coefficient (Wildman–Crippen LogP) is 3.46. The van der Waals surface area contributed by atoms with Gasteiger partial charge in [0.1, 0.15) is 5.69 Å². The van der Waals surface area contributed by atoms with Crippen LogP contribution < -0.4 is 0 Å². The Kier molecular flexibility index (Phi) is 4.86. The number of aromatic amines is 1. The first-order valence-corrected chi connectivity index (χ1v) is 7.61. The van der Waals surface area contributed by atoms with Gasteiger partial charge in [0.05, 0.1) is 10.5 Å². The Morgan fingerprint density at radius 3 is 2.80 bits per heavy atom. The van der Waals surface area contributed by atoms with E-state index in [4.69, 9.17) is 12.2 Å². The van der Waals surface area contributed by atoms with Crippen molar-refractivity contribution >= 4 is 30.2 Å². The summed E-state index contributed by atoms with van der Waals surface area (Å²) < 4.78 is 1.75. The first kappa shape index (κ1) is 16.4. The molecule has 25 heavy (non-hydrogen) atoms. The van der Waals surface area contributed by atoms with Crippen molar-refractivity contribution in [1.29, 1.82) is 0 Å². The molecule has 3 aromatic rings. The van der Waals surface area contributed by atoms with Gasteiger partial charge in [-0.25, -0.2) is 5.10 Å². The van der Waals surface area contributed by atoms with Crippen LogP contribution in [0.25, 0.3) is 17.6 Å². The lowest BCUT2D eigenvalue weighted by atomic mass is 10.2. The fraction of sp³-hybridized carbons (Fsp3) is 0. The topological polar surface area (TPSA) is 102 Å². The van der Waals surface area contributed by atoms with Crippen LogP contribution in [-0.2, 0) is 0 Å². The number of rotatable bonds is 5.